The molecule has 1 aliphatic rings. The lowest BCUT2D eigenvalue weighted by molar-refractivity contribution is 0.0139. The monoisotopic (exact) mass is 274 g/mol. The molecule has 1 fully saturated rings. The Balaban J connectivity index is 2.39. The molecule has 0 aliphatic carbocycles. The summed E-state index contributed by atoms with van der Waals surface area (Å²) in [7, 11) is 5.56. The van der Waals surface area contributed by atoms with Crippen molar-refractivity contribution in [2.24, 2.45) is 5.92 Å². The Bertz CT molecular complexity index is 217. The molecule has 0 aromatic heterocycles. The molecule has 1 N–H and O–H groups in total. The lowest BCUT2D eigenvalue weighted by Crippen LogP contribution is -2.47. The molecule has 0 saturated carbocycles. The van der Waals surface area contributed by atoms with E-state index >= 15 is 0 Å². The number of nitrogens with one attached hydrogen (secondary N) is 1. The fourth-order valence-electron chi connectivity index (χ4n) is 2.64. The van der Waals surface area contributed by atoms with E-state index in [0.29, 0.717) is 12.0 Å². The Hall–Kier alpha value is -0.200. The Labute approximate surface area is 117 Å². The van der Waals surface area contributed by atoms with Crippen LogP contribution >= 0.6 is 0 Å². The summed E-state index contributed by atoms with van der Waals surface area (Å²) < 4.78 is 16.0. The highest BCUT2D eigenvalue weighted by Gasteiger charge is 2.26. The molecule has 0 aromatic rings. The number of nitrogens with zero attached hydrogens (tertiary/aromatic N) is 1. The normalized spacial score (nSPS) is 24.0. The molecule has 114 valence electrons. The third kappa shape index (κ3) is 6.68. The number of methoxy groups -OCH3 is 2. The first-order valence-corrected chi connectivity index (χ1v) is 7.27. The van der Waals surface area contributed by atoms with E-state index in [1.807, 2.05) is 7.05 Å². The number of hydrogen-bond donors (Lipinski definition) is 1. The Kier molecular flexibility index (Phi) is 9.38. The van der Waals surface area contributed by atoms with Gasteiger partial charge < -0.3 is 24.4 Å². The van der Waals surface area contributed by atoms with E-state index in [2.05, 4.69) is 10.2 Å². The van der Waals surface area contributed by atoms with Crippen molar-refractivity contribution >= 4 is 0 Å². The van der Waals surface area contributed by atoms with Gasteiger partial charge in [-0.2, -0.15) is 0 Å². The SMILES string of the molecule is CNC1CCOCC1CN(CCCOC)CCOC. The summed E-state index contributed by atoms with van der Waals surface area (Å²) in [5, 5.41) is 3.42. The smallest absolute Gasteiger partial charge is 0.0589 e. The Morgan fingerprint density at radius 3 is 2.68 bits per heavy atom. The second-order valence-corrected chi connectivity index (χ2v) is 5.16. The van der Waals surface area contributed by atoms with Crippen LogP contribution in [-0.2, 0) is 14.2 Å². The van der Waals surface area contributed by atoms with Crippen LogP contribution in [0, 0.1) is 5.92 Å². The van der Waals surface area contributed by atoms with Crippen molar-refractivity contribution in [2.75, 3.05) is 67.3 Å². The maximum Gasteiger partial charge on any atom is 0.0589 e. The number of ether oxygens (including phenoxy) is 3. The highest BCUT2D eigenvalue weighted by atomic mass is 16.5. The van der Waals surface area contributed by atoms with Gasteiger partial charge in [0, 0.05) is 59.0 Å². The van der Waals surface area contributed by atoms with Crippen molar-refractivity contribution in [3.63, 3.8) is 0 Å². The third-order valence-electron chi connectivity index (χ3n) is 3.77. The van der Waals surface area contributed by atoms with Crippen LogP contribution < -0.4 is 5.32 Å². The van der Waals surface area contributed by atoms with E-state index in [1.54, 1.807) is 14.2 Å². The van der Waals surface area contributed by atoms with Crippen LogP contribution in [0.15, 0.2) is 0 Å². The topological polar surface area (TPSA) is 43.0 Å². The minimum absolute atomic E-state index is 0.568. The van der Waals surface area contributed by atoms with Gasteiger partial charge in [-0.05, 0) is 19.9 Å². The molecular weight excluding hydrogens is 244 g/mol. The van der Waals surface area contributed by atoms with Crippen LogP contribution in [0.1, 0.15) is 12.8 Å². The summed E-state index contributed by atoms with van der Waals surface area (Å²) >= 11 is 0. The van der Waals surface area contributed by atoms with Gasteiger partial charge in [0.25, 0.3) is 0 Å². The van der Waals surface area contributed by atoms with E-state index in [0.717, 1.165) is 58.9 Å². The minimum Gasteiger partial charge on any atom is -0.385 e. The first kappa shape index (κ1) is 16.9. The average molecular weight is 274 g/mol. The van der Waals surface area contributed by atoms with Crippen LogP contribution in [0.5, 0.6) is 0 Å². The predicted molar refractivity (Wildman–Crippen MR) is 76.6 cm³/mol. The maximum absolute atomic E-state index is 5.62. The lowest BCUT2D eigenvalue weighted by atomic mass is 9.95. The molecule has 2 atom stereocenters. The van der Waals surface area contributed by atoms with Gasteiger partial charge in [-0.15, -0.1) is 0 Å². The van der Waals surface area contributed by atoms with E-state index < -0.39 is 0 Å². The molecule has 0 bridgehead atoms. The second-order valence-electron chi connectivity index (χ2n) is 5.16. The third-order valence-corrected chi connectivity index (χ3v) is 3.77. The predicted octanol–water partition coefficient (Wildman–Crippen LogP) is 0.596. The van der Waals surface area contributed by atoms with Gasteiger partial charge >= 0.3 is 0 Å². The minimum atomic E-state index is 0.568. The fraction of sp³-hybridized carbons (Fsp3) is 1.00. The van der Waals surface area contributed by atoms with Crippen LogP contribution in [0.25, 0.3) is 0 Å². The van der Waals surface area contributed by atoms with E-state index in [-0.39, 0.29) is 0 Å². The van der Waals surface area contributed by atoms with E-state index in [9.17, 15) is 0 Å². The highest BCUT2D eigenvalue weighted by molar-refractivity contribution is 4.81. The van der Waals surface area contributed by atoms with Crippen molar-refractivity contribution in [1.82, 2.24) is 10.2 Å². The molecule has 0 amide bonds. The van der Waals surface area contributed by atoms with Crippen LogP contribution in [0.4, 0.5) is 0 Å². The molecule has 5 nitrogen and oxygen atoms in total. The van der Waals surface area contributed by atoms with E-state index in [1.165, 1.54) is 0 Å². The second kappa shape index (κ2) is 10.6. The van der Waals surface area contributed by atoms with Gasteiger partial charge in [0.1, 0.15) is 0 Å². The summed E-state index contributed by atoms with van der Waals surface area (Å²) in [6.07, 6.45) is 2.18. The zero-order valence-corrected chi connectivity index (χ0v) is 12.7. The highest BCUT2D eigenvalue weighted by Crippen LogP contribution is 2.16. The van der Waals surface area contributed by atoms with Crippen molar-refractivity contribution in [3.05, 3.63) is 0 Å². The van der Waals surface area contributed by atoms with Gasteiger partial charge in [0.15, 0.2) is 0 Å². The van der Waals surface area contributed by atoms with E-state index in [4.69, 9.17) is 14.2 Å². The van der Waals surface area contributed by atoms with Gasteiger partial charge in [-0.25, -0.2) is 0 Å². The fourth-order valence-corrected chi connectivity index (χ4v) is 2.64. The van der Waals surface area contributed by atoms with Gasteiger partial charge in [0.05, 0.1) is 13.2 Å². The average Bonchev–Trinajstić information content (AvgIpc) is 2.45. The molecule has 2 unspecified atom stereocenters. The van der Waals surface area contributed by atoms with Crippen LogP contribution in [0.2, 0.25) is 0 Å². The standard InChI is InChI=1S/C14H30N2O3/c1-15-14-5-9-19-12-13(14)11-16(7-10-18-3)6-4-8-17-2/h13-15H,4-12H2,1-3H3. The van der Waals surface area contributed by atoms with Crippen molar-refractivity contribution in [3.8, 4) is 0 Å². The van der Waals surface area contributed by atoms with Crippen LogP contribution in [-0.4, -0.2) is 78.3 Å². The number of hydrogen-bond acceptors (Lipinski definition) is 5. The number of rotatable bonds is 10. The lowest BCUT2D eigenvalue weighted by Gasteiger charge is -2.35. The molecule has 0 aromatic carbocycles. The molecular formula is C14H30N2O3. The summed E-state index contributed by atoms with van der Waals surface area (Å²) in [6.45, 7) is 6.45. The van der Waals surface area contributed by atoms with Crippen LogP contribution in [0.3, 0.4) is 0 Å². The molecule has 1 saturated heterocycles. The molecule has 5 heteroatoms. The zero-order valence-electron chi connectivity index (χ0n) is 12.7. The van der Waals surface area contributed by atoms with Gasteiger partial charge in [-0.1, -0.05) is 0 Å². The van der Waals surface area contributed by atoms with Crippen molar-refractivity contribution in [1.29, 1.82) is 0 Å². The first-order chi connectivity index (χ1) is 9.31. The largest absolute Gasteiger partial charge is 0.385 e. The summed E-state index contributed by atoms with van der Waals surface area (Å²) in [5.74, 6) is 0.568. The molecule has 19 heavy (non-hydrogen) atoms. The first-order valence-electron chi connectivity index (χ1n) is 7.27. The molecule has 1 rings (SSSR count). The van der Waals surface area contributed by atoms with Gasteiger partial charge in [-0.3, -0.25) is 0 Å². The molecule has 1 heterocycles. The molecule has 1 aliphatic heterocycles. The molecule has 0 spiro atoms. The summed E-state index contributed by atoms with van der Waals surface area (Å²) in [6, 6.07) is 0.571. The molecule has 0 radical (unpaired) electrons. The Morgan fingerprint density at radius 1 is 1.21 bits per heavy atom. The Morgan fingerprint density at radius 2 is 2.00 bits per heavy atom. The van der Waals surface area contributed by atoms with Crippen molar-refractivity contribution in [2.45, 2.75) is 18.9 Å². The summed E-state index contributed by atoms with van der Waals surface area (Å²) in [5.41, 5.74) is 0. The van der Waals surface area contributed by atoms with Crippen molar-refractivity contribution < 1.29 is 14.2 Å². The summed E-state index contributed by atoms with van der Waals surface area (Å²) in [4.78, 5) is 2.46. The maximum atomic E-state index is 5.62. The quantitative estimate of drug-likeness (QED) is 0.591. The van der Waals surface area contributed by atoms with Gasteiger partial charge in [0.2, 0.25) is 0 Å². The zero-order chi connectivity index (χ0) is 13.9.